The first kappa shape index (κ1) is 19.5. The van der Waals surface area contributed by atoms with Crippen molar-refractivity contribution in [3.63, 3.8) is 0 Å². The van der Waals surface area contributed by atoms with Gasteiger partial charge in [0.25, 0.3) is 11.8 Å². The van der Waals surface area contributed by atoms with Crippen molar-refractivity contribution in [2.24, 2.45) is 0 Å². The van der Waals surface area contributed by atoms with Crippen LogP contribution in [0.4, 0.5) is 5.69 Å². The number of carbonyl (C=O) groups is 2. The smallest absolute Gasteiger partial charge is 0.272 e. The molecule has 0 aliphatic carbocycles. The van der Waals surface area contributed by atoms with Crippen LogP contribution >= 0.6 is 23.4 Å². The fraction of sp³-hybridized carbons (Fsp3) is 0.238. The molecule has 2 amide bonds. The number of benzene rings is 2. The Labute approximate surface area is 168 Å². The molecule has 0 saturated carbocycles. The minimum absolute atomic E-state index is 0.318. The fourth-order valence-electron chi connectivity index (χ4n) is 2.97. The Bertz CT molecular complexity index is 968. The molecule has 1 aliphatic heterocycles. The number of amides is 2. The lowest BCUT2D eigenvalue weighted by Crippen LogP contribution is -2.31. The maximum Gasteiger partial charge on any atom is 0.272 e. The van der Waals surface area contributed by atoms with Gasteiger partial charge in [-0.05, 0) is 54.5 Å². The molecule has 0 bridgehead atoms. The van der Waals surface area contributed by atoms with E-state index < -0.39 is 0 Å². The molecule has 1 aliphatic rings. The van der Waals surface area contributed by atoms with Crippen molar-refractivity contribution < 1.29 is 14.3 Å². The average molecular weight is 402 g/mol. The van der Waals surface area contributed by atoms with Crippen LogP contribution in [0.3, 0.4) is 0 Å². The van der Waals surface area contributed by atoms with E-state index in [0.717, 1.165) is 16.7 Å². The summed E-state index contributed by atoms with van der Waals surface area (Å²) in [6, 6.07) is 10.7. The van der Waals surface area contributed by atoms with Gasteiger partial charge in [-0.15, -0.1) is 11.8 Å². The van der Waals surface area contributed by atoms with E-state index in [0.29, 0.717) is 32.7 Å². The number of hydrogen-bond acceptors (Lipinski definition) is 4. The van der Waals surface area contributed by atoms with Gasteiger partial charge in [-0.1, -0.05) is 36.7 Å². The van der Waals surface area contributed by atoms with Crippen molar-refractivity contribution in [1.29, 1.82) is 0 Å². The van der Waals surface area contributed by atoms with Crippen LogP contribution in [0.15, 0.2) is 41.3 Å². The zero-order chi connectivity index (χ0) is 19.7. The van der Waals surface area contributed by atoms with Gasteiger partial charge in [-0.2, -0.15) is 0 Å². The predicted molar refractivity (Wildman–Crippen MR) is 111 cm³/mol. The summed E-state index contributed by atoms with van der Waals surface area (Å²) in [7, 11) is 1.52. The number of aryl methyl sites for hydroxylation is 2. The molecule has 27 heavy (non-hydrogen) atoms. The second-order valence-electron chi connectivity index (χ2n) is 6.20. The molecule has 0 fully saturated rings. The Kier molecular flexibility index (Phi) is 5.63. The van der Waals surface area contributed by atoms with Gasteiger partial charge in [0.1, 0.15) is 5.75 Å². The third-order valence-corrected chi connectivity index (χ3v) is 5.77. The highest BCUT2D eigenvalue weighted by Crippen LogP contribution is 2.40. The molecule has 1 heterocycles. The standard InChI is InChI=1S/C21H20ClNO3S/c1-5-27-19-18(14-7-6-12(2)13(3)10-14)20(24)23(21(19)25)15-8-9-17(26-4)16(22)11-15/h6-11H,5H2,1-4H3. The molecule has 140 valence electrons. The number of rotatable bonds is 5. The summed E-state index contributed by atoms with van der Waals surface area (Å²) in [6.07, 6.45) is 0. The lowest BCUT2D eigenvalue weighted by atomic mass is 10.0. The molecule has 0 radical (unpaired) electrons. The molecule has 3 rings (SSSR count). The Hall–Kier alpha value is -2.24. The summed E-state index contributed by atoms with van der Waals surface area (Å²) in [5.41, 5.74) is 3.85. The number of anilines is 1. The van der Waals surface area contributed by atoms with Crippen LogP contribution in [0.5, 0.6) is 5.75 Å². The van der Waals surface area contributed by atoms with Crippen molar-refractivity contribution in [2.45, 2.75) is 20.8 Å². The molecule has 4 nitrogen and oxygen atoms in total. The van der Waals surface area contributed by atoms with Gasteiger partial charge >= 0.3 is 0 Å². The van der Waals surface area contributed by atoms with Crippen LogP contribution in [0.25, 0.3) is 5.57 Å². The van der Waals surface area contributed by atoms with Crippen LogP contribution in [0, 0.1) is 13.8 Å². The summed E-state index contributed by atoms with van der Waals surface area (Å²) < 4.78 is 5.16. The Balaban J connectivity index is 2.09. The first-order valence-corrected chi connectivity index (χ1v) is 9.92. The van der Waals surface area contributed by atoms with E-state index in [4.69, 9.17) is 16.3 Å². The normalized spacial score (nSPS) is 14.3. The van der Waals surface area contributed by atoms with E-state index in [2.05, 4.69) is 0 Å². The average Bonchev–Trinajstić information content (AvgIpc) is 2.88. The van der Waals surface area contributed by atoms with Gasteiger partial charge in [0.2, 0.25) is 0 Å². The Morgan fingerprint density at radius 1 is 1.04 bits per heavy atom. The SMILES string of the molecule is CCSC1=C(c2ccc(C)c(C)c2)C(=O)N(c2ccc(OC)c(Cl)c2)C1=O. The predicted octanol–water partition coefficient (Wildman–Crippen LogP) is 5.00. The number of nitrogens with zero attached hydrogens (tertiary/aromatic N) is 1. The van der Waals surface area contributed by atoms with Crippen LogP contribution in [-0.4, -0.2) is 24.7 Å². The molecule has 6 heteroatoms. The molecule has 0 aromatic heterocycles. The number of ether oxygens (including phenoxy) is 1. The van der Waals surface area contributed by atoms with E-state index in [1.165, 1.54) is 23.8 Å². The summed E-state index contributed by atoms with van der Waals surface area (Å²) in [6.45, 7) is 5.97. The monoisotopic (exact) mass is 401 g/mol. The van der Waals surface area contributed by atoms with Crippen LogP contribution in [0.2, 0.25) is 5.02 Å². The highest BCUT2D eigenvalue weighted by Gasteiger charge is 2.40. The quantitative estimate of drug-likeness (QED) is 0.661. The van der Waals surface area contributed by atoms with Gasteiger partial charge in [-0.25, -0.2) is 4.90 Å². The first-order chi connectivity index (χ1) is 12.9. The minimum atomic E-state index is -0.333. The highest BCUT2D eigenvalue weighted by molar-refractivity contribution is 8.04. The van der Waals surface area contributed by atoms with Crippen molar-refractivity contribution in [1.82, 2.24) is 0 Å². The van der Waals surface area contributed by atoms with E-state index in [1.807, 2.05) is 39.0 Å². The molecule has 0 unspecified atom stereocenters. The van der Waals surface area contributed by atoms with Gasteiger partial charge in [-0.3, -0.25) is 9.59 Å². The van der Waals surface area contributed by atoms with Crippen LogP contribution < -0.4 is 9.64 Å². The Morgan fingerprint density at radius 3 is 2.37 bits per heavy atom. The summed E-state index contributed by atoms with van der Waals surface area (Å²) in [4.78, 5) is 27.9. The van der Waals surface area contributed by atoms with Crippen LogP contribution in [-0.2, 0) is 9.59 Å². The largest absolute Gasteiger partial charge is 0.495 e. The van der Waals surface area contributed by atoms with Crippen molar-refractivity contribution in [2.75, 3.05) is 17.8 Å². The molecule has 2 aromatic carbocycles. The zero-order valence-electron chi connectivity index (χ0n) is 15.6. The van der Waals surface area contributed by atoms with E-state index in [9.17, 15) is 9.59 Å². The lowest BCUT2D eigenvalue weighted by molar-refractivity contribution is -0.119. The van der Waals surface area contributed by atoms with Gasteiger partial charge < -0.3 is 4.74 Å². The lowest BCUT2D eigenvalue weighted by Gasteiger charge is -2.16. The van der Waals surface area contributed by atoms with E-state index in [-0.39, 0.29) is 11.8 Å². The number of halogens is 1. The van der Waals surface area contributed by atoms with Crippen molar-refractivity contribution >= 4 is 46.4 Å². The van der Waals surface area contributed by atoms with Crippen molar-refractivity contribution in [3.8, 4) is 5.75 Å². The number of hydrogen-bond donors (Lipinski definition) is 0. The van der Waals surface area contributed by atoms with Gasteiger partial charge in [0.15, 0.2) is 0 Å². The Morgan fingerprint density at radius 2 is 1.78 bits per heavy atom. The number of imide groups is 1. The van der Waals surface area contributed by atoms with E-state index >= 15 is 0 Å². The first-order valence-electron chi connectivity index (χ1n) is 8.56. The number of thioether (sulfide) groups is 1. The van der Waals surface area contributed by atoms with Gasteiger partial charge in [0.05, 0.1) is 28.3 Å². The molecule has 0 atom stereocenters. The molecule has 0 N–H and O–H groups in total. The maximum absolute atomic E-state index is 13.2. The van der Waals surface area contributed by atoms with Crippen molar-refractivity contribution in [3.05, 3.63) is 63.0 Å². The fourth-order valence-corrected chi connectivity index (χ4v) is 4.07. The van der Waals surface area contributed by atoms with Gasteiger partial charge in [0, 0.05) is 0 Å². The van der Waals surface area contributed by atoms with Crippen LogP contribution in [0.1, 0.15) is 23.6 Å². The second kappa shape index (κ2) is 7.79. The number of methoxy groups -OCH3 is 1. The molecule has 2 aromatic rings. The highest BCUT2D eigenvalue weighted by atomic mass is 35.5. The molecular formula is C21H20ClNO3S. The van der Waals surface area contributed by atoms with E-state index in [1.54, 1.807) is 18.2 Å². The third-order valence-electron chi connectivity index (χ3n) is 4.52. The minimum Gasteiger partial charge on any atom is -0.495 e. The third kappa shape index (κ3) is 3.49. The maximum atomic E-state index is 13.2. The topological polar surface area (TPSA) is 46.6 Å². The zero-order valence-corrected chi connectivity index (χ0v) is 17.2. The molecular weight excluding hydrogens is 382 g/mol. The summed E-state index contributed by atoms with van der Waals surface area (Å²) in [5.74, 6) is 0.534. The molecule has 0 spiro atoms. The second-order valence-corrected chi connectivity index (χ2v) is 7.88. The number of carbonyl (C=O) groups excluding carboxylic acids is 2. The molecule has 0 saturated heterocycles. The summed E-state index contributed by atoms with van der Waals surface area (Å²) in [5, 5.41) is 0.347. The summed E-state index contributed by atoms with van der Waals surface area (Å²) >= 11 is 7.58.